The minimum absolute atomic E-state index is 0.381. The summed E-state index contributed by atoms with van der Waals surface area (Å²) < 4.78 is 0. The van der Waals surface area contributed by atoms with Crippen LogP contribution in [0.25, 0.3) is 0 Å². The Hall–Kier alpha value is -2.54. The van der Waals surface area contributed by atoms with E-state index in [-0.39, 0.29) is 0 Å². The summed E-state index contributed by atoms with van der Waals surface area (Å²) >= 11 is 0. The van der Waals surface area contributed by atoms with E-state index < -0.39 is 0 Å². The molecule has 0 heterocycles. The second kappa shape index (κ2) is 6.48. The SMILES string of the molecule is CC(c1ccc(N)cc1)c1ccc(Cc2ccccc2)cc1. The van der Waals surface area contributed by atoms with Crippen LogP contribution >= 0.6 is 0 Å². The van der Waals surface area contributed by atoms with E-state index in [0.29, 0.717) is 5.92 Å². The fourth-order valence-electron chi connectivity index (χ4n) is 2.73. The van der Waals surface area contributed by atoms with E-state index in [2.05, 4.69) is 73.7 Å². The van der Waals surface area contributed by atoms with Crippen LogP contribution in [0.2, 0.25) is 0 Å². The van der Waals surface area contributed by atoms with Crippen LogP contribution in [-0.2, 0) is 6.42 Å². The van der Waals surface area contributed by atoms with Gasteiger partial charge in [-0.2, -0.15) is 0 Å². The zero-order valence-electron chi connectivity index (χ0n) is 12.9. The van der Waals surface area contributed by atoms with Gasteiger partial charge in [0, 0.05) is 11.6 Å². The molecule has 0 amide bonds. The molecule has 3 aromatic rings. The summed E-state index contributed by atoms with van der Waals surface area (Å²) in [5.41, 5.74) is 11.9. The Balaban J connectivity index is 1.75. The van der Waals surface area contributed by atoms with Crippen LogP contribution in [0.3, 0.4) is 0 Å². The Kier molecular flexibility index (Phi) is 4.24. The predicted octanol–water partition coefficient (Wildman–Crippen LogP) is 5.01. The van der Waals surface area contributed by atoms with Gasteiger partial charge in [-0.25, -0.2) is 0 Å². The average Bonchev–Trinajstić information content (AvgIpc) is 2.57. The fraction of sp³-hybridized carbons (Fsp3) is 0.143. The third-order valence-electron chi connectivity index (χ3n) is 4.17. The molecule has 1 nitrogen and oxygen atoms in total. The van der Waals surface area contributed by atoms with Crippen LogP contribution in [0, 0.1) is 0 Å². The lowest BCUT2D eigenvalue weighted by Crippen LogP contribution is -1.97. The number of rotatable bonds is 4. The van der Waals surface area contributed by atoms with Crippen LogP contribution in [0.4, 0.5) is 5.69 Å². The first-order valence-electron chi connectivity index (χ1n) is 7.70. The molecule has 110 valence electrons. The maximum absolute atomic E-state index is 5.76. The van der Waals surface area contributed by atoms with Crippen molar-refractivity contribution in [2.24, 2.45) is 0 Å². The van der Waals surface area contributed by atoms with Crippen molar-refractivity contribution in [1.82, 2.24) is 0 Å². The summed E-state index contributed by atoms with van der Waals surface area (Å²) in [6, 6.07) is 27.7. The molecule has 1 unspecified atom stereocenters. The lowest BCUT2D eigenvalue weighted by molar-refractivity contribution is 0.920. The quantitative estimate of drug-likeness (QED) is 0.670. The van der Waals surface area contributed by atoms with Gasteiger partial charge in [-0.1, -0.05) is 73.7 Å². The molecule has 0 aliphatic heterocycles. The van der Waals surface area contributed by atoms with Crippen LogP contribution in [-0.4, -0.2) is 0 Å². The molecule has 0 aromatic heterocycles. The molecule has 0 fully saturated rings. The summed E-state index contributed by atoms with van der Waals surface area (Å²) in [4.78, 5) is 0. The van der Waals surface area contributed by atoms with Gasteiger partial charge in [0.25, 0.3) is 0 Å². The first kappa shape index (κ1) is 14.4. The molecular weight excluding hydrogens is 266 g/mol. The summed E-state index contributed by atoms with van der Waals surface area (Å²) in [6.07, 6.45) is 0.984. The Morgan fingerprint density at radius 2 is 1.18 bits per heavy atom. The maximum Gasteiger partial charge on any atom is 0.0314 e. The minimum atomic E-state index is 0.381. The molecule has 22 heavy (non-hydrogen) atoms. The van der Waals surface area contributed by atoms with Crippen molar-refractivity contribution in [3.63, 3.8) is 0 Å². The van der Waals surface area contributed by atoms with Crippen LogP contribution in [0.1, 0.15) is 35.1 Å². The molecule has 0 saturated carbocycles. The molecule has 0 radical (unpaired) electrons. The van der Waals surface area contributed by atoms with E-state index in [1.165, 1.54) is 22.3 Å². The second-order valence-electron chi connectivity index (χ2n) is 5.79. The van der Waals surface area contributed by atoms with Crippen molar-refractivity contribution in [1.29, 1.82) is 0 Å². The molecule has 0 saturated heterocycles. The Morgan fingerprint density at radius 1 is 0.682 bits per heavy atom. The number of benzene rings is 3. The molecule has 0 aliphatic carbocycles. The van der Waals surface area contributed by atoms with Crippen LogP contribution < -0.4 is 5.73 Å². The van der Waals surface area contributed by atoms with Gasteiger partial charge in [-0.05, 0) is 40.8 Å². The van der Waals surface area contributed by atoms with E-state index >= 15 is 0 Å². The average molecular weight is 287 g/mol. The summed E-state index contributed by atoms with van der Waals surface area (Å²) in [7, 11) is 0. The normalized spacial score (nSPS) is 12.0. The van der Waals surface area contributed by atoms with Gasteiger partial charge in [0.15, 0.2) is 0 Å². The molecule has 3 aromatic carbocycles. The first-order chi connectivity index (χ1) is 10.7. The third-order valence-corrected chi connectivity index (χ3v) is 4.17. The highest BCUT2D eigenvalue weighted by Gasteiger charge is 2.08. The second-order valence-corrected chi connectivity index (χ2v) is 5.79. The van der Waals surface area contributed by atoms with Crippen LogP contribution in [0.5, 0.6) is 0 Å². The largest absolute Gasteiger partial charge is 0.399 e. The smallest absolute Gasteiger partial charge is 0.0314 e. The van der Waals surface area contributed by atoms with Gasteiger partial charge in [0.1, 0.15) is 0 Å². The number of anilines is 1. The third kappa shape index (κ3) is 3.37. The summed E-state index contributed by atoms with van der Waals surface area (Å²) in [5.74, 6) is 0.381. The van der Waals surface area contributed by atoms with E-state index in [1.807, 2.05) is 12.1 Å². The number of nitrogens with two attached hydrogens (primary N) is 1. The van der Waals surface area contributed by atoms with E-state index in [1.54, 1.807) is 0 Å². The number of hydrogen-bond acceptors (Lipinski definition) is 1. The first-order valence-corrected chi connectivity index (χ1v) is 7.70. The van der Waals surface area contributed by atoms with Crippen molar-refractivity contribution >= 4 is 5.69 Å². The Bertz CT molecular complexity index is 712. The van der Waals surface area contributed by atoms with E-state index in [0.717, 1.165) is 12.1 Å². The van der Waals surface area contributed by atoms with E-state index in [4.69, 9.17) is 5.73 Å². The summed E-state index contributed by atoms with van der Waals surface area (Å²) in [6.45, 7) is 2.23. The molecule has 2 N–H and O–H groups in total. The van der Waals surface area contributed by atoms with Crippen molar-refractivity contribution in [2.75, 3.05) is 5.73 Å². The molecule has 3 rings (SSSR count). The highest BCUT2D eigenvalue weighted by Crippen LogP contribution is 2.25. The maximum atomic E-state index is 5.76. The molecule has 1 atom stereocenters. The zero-order chi connectivity index (χ0) is 15.4. The predicted molar refractivity (Wildman–Crippen MR) is 94.1 cm³/mol. The zero-order valence-corrected chi connectivity index (χ0v) is 12.9. The molecule has 0 bridgehead atoms. The molecule has 0 spiro atoms. The minimum Gasteiger partial charge on any atom is -0.399 e. The molecule has 0 aliphatic rings. The Labute approximate surface area is 132 Å². The molecular formula is C21H21N. The monoisotopic (exact) mass is 287 g/mol. The van der Waals surface area contributed by atoms with Crippen LogP contribution in [0.15, 0.2) is 78.9 Å². The number of hydrogen-bond donors (Lipinski definition) is 1. The van der Waals surface area contributed by atoms with Crippen molar-refractivity contribution < 1.29 is 0 Å². The van der Waals surface area contributed by atoms with Gasteiger partial charge >= 0.3 is 0 Å². The van der Waals surface area contributed by atoms with Gasteiger partial charge in [0.2, 0.25) is 0 Å². The van der Waals surface area contributed by atoms with Gasteiger partial charge < -0.3 is 5.73 Å². The Morgan fingerprint density at radius 3 is 1.77 bits per heavy atom. The van der Waals surface area contributed by atoms with E-state index in [9.17, 15) is 0 Å². The lowest BCUT2D eigenvalue weighted by Gasteiger charge is -2.13. The van der Waals surface area contributed by atoms with Crippen molar-refractivity contribution in [3.05, 3.63) is 101 Å². The van der Waals surface area contributed by atoms with Gasteiger partial charge in [-0.3, -0.25) is 0 Å². The van der Waals surface area contributed by atoms with Gasteiger partial charge in [0.05, 0.1) is 0 Å². The topological polar surface area (TPSA) is 26.0 Å². The standard InChI is InChI=1S/C21H21N/c1-16(20-11-13-21(22)14-12-20)19-9-7-18(8-10-19)15-17-5-3-2-4-6-17/h2-14,16H,15,22H2,1H3. The highest BCUT2D eigenvalue weighted by atomic mass is 14.5. The van der Waals surface area contributed by atoms with Crippen molar-refractivity contribution in [3.8, 4) is 0 Å². The van der Waals surface area contributed by atoms with Gasteiger partial charge in [-0.15, -0.1) is 0 Å². The number of nitrogen functional groups attached to an aromatic ring is 1. The van der Waals surface area contributed by atoms with Crippen molar-refractivity contribution in [2.45, 2.75) is 19.3 Å². The highest BCUT2D eigenvalue weighted by molar-refractivity contribution is 5.43. The molecule has 1 heteroatoms. The fourth-order valence-corrected chi connectivity index (χ4v) is 2.73. The summed E-state index contributed by atoms with van der Waals surface area (Å²) in [5, 5.41) is 0. The lowest BCUT2D eigenvalue weighted by atomic mass is 9.92.